The van der Waals surface area contributed by atoms with Crippen molar-refractivity contribution >= 4 is 5.90 Å². The Balaban J connectivity index is 2.66. The molecule has 6 nitrogen and oxygen atoms in total. The van der Waals surface area contributed by atoms with E-state index in [-0.39, 0.29) is 11.8 Å². The van der Waals surface area contributed by atoms with Crippen LogP contribution in [0.15, 0.2) is 0 Å². The molecule has 0 aromatic carbocycles. The Morgan fingerprint density at radius 3 is 2.29 bits per heavy atom. The zero-order valence-corrected chi connectivity index (χ0v) is 14.7. The summed E-state index contributed by atoms with van der Waals surface area (Å²) in [7, 11) is 0. The first-order valence-electron chi connectivity index (χ1n) is 8.53. The molecule has 0 aliphatic carbocycles. The second-order valence-corrected chi connectivity index (χ2v) is 6.97. The van der Waals surface area contributed by atoms with Crippen molar-refractivity contribution in [2.75, 3.05) is 0 Å². The maximum absolute atomic E-state index is 9.96. The van der Waals surface area contributed by atoms with Crippen LogP contribution < -0.4 is 0 Å². The fourth-order valence-electron chi connectivity index (χ4n) is 4.22. The zero-order chi connectivity index (χ0) is 18.2. The molecule has 2 saturated heterocycles. The monoisotopic (exact) mass is 328 g/mol. The molecule has 5 unspecified atom stereocenters. The molecule has 0 saturated carbocycles. The smallest absolute Gasteiger partial charge is 0.214 e. The van der Waals surface area contributed by atoms with Crippen molar-refractivity contribution in [1.29, 1.82) is 21.2 Å². The maximum atomic E-state index is 9.96. The van der Waals surface area contributed by atoms with Crippen LogP contribution in [0.4, 0.5) is 0 Å². The van der Waals surface area contributed by atoms with Crippen LogP contribution in [0.1, 0.15) is 53.4 Å². The van der Waals surface area contributed by atoms with Gasteiger partial charge >= 0.3 is 0 Å². The van der Waals surface area contributed by atoms with Crippen molar-refractivity contribution in [3.05, 3.63) is 0 Å². The van der Waals surface area contributed by atoms with Gasteiger partial charge in [0.05, 0.1) is 30.2 Å². The first kappa shape index (κ1) is 18.2. The summed E-state index contributed by atoms with van der Waals surface area (Å²) in [5.41, 5.74) is -3.35. The Labute approximate surface area is 143 Å². The number of nitrogens with zero attached hydrogens (tertiary/aromatic N) is 3. The van der Waals surface area contributed by atoms with Crippen LogP contribution in [0.2, 0.25) is 0 Å². The van der Waals surface area contributed by atoms with Crippen molar-refractivity contribution in [1.82, 2.24) is 0 Å². The second kappa shape index (κ2) is 6.08. The molecule has 24 heavy (non-hydrogen) atoms. The van der Waals surface area contributed by atoms with Crippen LogP contribution in [0.3, 0.4) is 0 Å². The van der Waals surface area contributed by atoms with E-state index in [1.807, 2.05) is 6.92 Å². The van der Waals surface area contributed by atoms with E-state index < -0.39 is 28.6 Å². The lowest BCUT2D eigenvalue weighted by Crippen LogP contribution is -2.62. The van der Waals surface area contributed by atoms with Gasteiger partial charge in [0, 0.05) is 6.92 Å². The van der Waals surface area contributed by atoms with Gasteiger partial charge in [0.1, 0.15) is 0 Å². The Morgan fingerprint density at radius 2 is 1.83 bits per heavy atom. The summed E-state index contributed by atoms with van der Waals surface area (Å²) >= 11 is 0. The third kappa shape index (κ3) is 1.98. The Kier molecular flexibility index (Phi) is 4.62. The maximum Gasteiger partial charge on any atom is 0.214 e. The Hall–Kier alpha value is -2.10. The number of fused-ring (bicyclic) bond motifs is 2. The van der Waals surface area contributed by atoms with E-state index in [0.29, 0.717) is 0 Å². The highest BCUT2D eigenvalue weighted by Crippen LogP contribution is 2.63. The Bertz CT molecular complexity index is 641. The number of hydrogen-bond acceptors (Lipinski definition) is 6. The number of rotatable bonds is 5. The molecule has 2 heterocycles. The van der Waals surface area contributed by atoms with Gasteiger partial charge in [-0.2, -0.15) is 15.8 Å². The molecular weight excluding hydrogens is 304 g/mol. The standard InChI is InChI=1S/C18H24N4O2/c1-5-7-8-13(6-2)14-17(9-19,10-20)18(11-21)12(3)16(4,23-14)24-15(18)22/h12-14,22H,5-8H2,1-4H3. The predicted molar refractivity (Wildman–Crippen MR) is 86.3 cm³/mol. The second-order valence-electron chi connectivity index (χ2n) is 6.97. The zero-order valence-electron chi connectivity index (χ0n) is 14.7. The lowest BCUT2D eigenvalue weighted by Gasteiger charge is -2.49. The quantitative estimate of drug-likeness (QED) is 0.829. The summed E-state index contributed by atoms with van der Waals surface area (Å²) in [4.78, 5) is 0. The van der Waals surface area contributed by atoms with Gasteiger partial charge in [-0.1, -0.05) is 40.0 Å². The molecular formula is C18H24N4O2. The predicted octanol–water partition coefficient (Wildman–Crippen LogP) is 3.50. The molecule has 5 atom stereocenters. The van der Waals surface area contributed by atoms with Gasteiger partial charge in [-0.15, -0.1) is 0 Å². The molecule has 2 rings (SSSR count). The SMILES string of the molecule is CCCCC(CC)C1OC2(C)OC(=N)C(C#N)(C2C)C1(C#N)C#N. The van der Waals surface area contributed by atoms with Crippen molar-refractivity contribution in [3.8, 4) is 18.2 Å². The lowest BCUT2D eigenvalue weighted by atomic mass is 9.53. The fourth-order valence-corrected chi connectivity index (χ4v) is 4.22. The highest BCUT2D eigenvalue weighted by molar-refractivity contribution is 5.89. The molecule has 1 N–H and O–H groups in total. The topological polar surface area (TPSA) is 114 Å². The van der Waals surface area contributed by atoms with E-state index in [0.717, 1.165) is 25.7 Å². The summed E-state index contributed by atoms with van der Waals surface area (Å²) in [6, 6.07) is 6.27. The molecule has 2 fully saturated rings. The van der Waals surface area contributed by atoms with Crippen molar-refractivity contribution < 1.29 is 9.47 Å². The minimum absolute atomic E-state index is 0.0432. The Morgan fingerprint density at radius 1 is 1.21 bits per heavy atom. The number of hydrogen-bond donors (Lipinski definition) is 1. The van der Waals surface area contributed by atoms with Crippen LogP contribution in [-0.2, 0) is 9.47 Å². The van der Waals surface area contributed by atoms with Crippen LogP contribution in [0.5, 0.6) is 0 Å². The van der Waals surface area contributed by atoms with E-state index in [4.69, 9.17) is 14.9 Å². The molecule has 0 aromatic rings. The average Bonchev–Trinajstić information content (AvgIpc) is 2.72. The lowest BCUT2D eigenvalue weighted by molar-refractivity contribution is -0.278. The molecule has 128 valence electrons. The molecule has 2 bridgehead atoms. The summed E-state index contributed by atoms with van der Waals surface area (Å²) < 4.78 is 11.8. The van der Waals surface area contributed by atoms with E-state index >= 15 is 0 Å². The minimum atomic E-state index is -1.75. The van der Waals surface area contributed by atoms with Crippen molar-refractivity contribution in [2.24, 2.45) is 22.7 Å². The van der Waals surface area contributed by atoms with E-state index in [2.05, 4.69) is 25.1 Å². The van der Waals surface area contributed by atoms with Crippen LogP contribution in [0, 0.1) is 62.1 Å². The number of ether oxygens (including phenoxy) is 2. The van der Waals surface area contributed by atoms with Gasteiger partial charge in [0.2, 0.25) is 11.7 Å². The van der Waals surface area contributed by atoms with Gasteiger partial charge < -0.3 is 9.47 Å². The average molecular weight is 328 g/mol. The summed E-state index contributed by atoms with van der Waals surface area (Å²) in [6.45, 7) is 7.50. The summed E-state index contributed by atoms with van der Waals surface area (Å²) in [5, 5.41) is 38.1. The molecule has 0 aromatic heterocycles. The van der Waals surface area contributed by atoms with Gasteiger partial charge in [-0.25, -0.2) is 0 Å². The van der Waals surface area contributed by atoms with E-state index in [1.54, 1.807) is 13.8 Å². The van der Waals surface area contributed by atoms with Crippen LogP contribution in [0.25, 0.3) is 0 Å². The van der Waals surface area contributed by atoms with Crippen molar-refractivity contribution in [2.45, 2.75) is 65.3 Å². The molecule has 0 spiro atoms. The molecule has 6 heteroatoms. The third-order valence-corrected chi connectivity index (χ3v) is 5.92. The number of nitriles is 3. The largest absolute Gasteiger partial charge is 0.448 e. The fraction of sp³-hybridized carbons (Fsp3) is 0.778. The number of unbranched alkanes of at least 4 members (excludes halogenated alkanes) is 1. The van der Waals surface area contributed by atoms with E-state index in [9.17, 15) is 15.8 Å². The number of nitrogens with one attached hydrogen (secondary N) is 1. The summed E-state index contributed by atoms with van der Waals surface area (Å²) in [5.74, 6) is -2.11. The van der Waals surface area contributed by atoms with Crippen LogP contribution >= 0.6 is 0 Å². The van der Waals surface area contributed by atoms with E-state index in [1.165, 1.54) is 0 Å². The first-order valence-corrected chi connectivity index (χ1v) is 8.53. The third-order valence-electron chi connectivity index (χ3n) is 5.92. The molecule has 0 amide bonds. The summed E-state index contributed by atoms with van der Waals surface area (Å²) in [6.07, 6.45) is 2.73. The molecule has 2 aliphatic heterocycles. The van der Waals surface area contributed by atoms with Crippen LogP contribution in [-0.4, -0.2) is 17.8 Å². The van der Waals surface area contributed by atoms with Gasteiger partial charge in [0.25, 0.3) is 0 Å². The highest BCUT2D eigenvalue weighted by Gasteiger charge is 2.78. The molecule has 0 radical (unpaired) electrons. The van der Waals surface area contributed by atoms with Gasteiger partial charge in [-0.05, 0) is 12.3 Å². The minimum Gasteiger partial charge on any atom is -0.448 e. The highest BCUT2D eigenvalue weighted by atomic mass is 16.7. The van der Waals surface area contributed by atoms with Gasteiger partial charge in [0.15, 0.2) is 10.8 Å². The van der Waals surface area contributed by atoms with Crippen molar-refractivity contribution in [3.63, 3.8) is 0 Å². The molecule has 2 aliphatic rings. The normalized spacial score (nSPS) is 37.6. The first-order chi connectivity index (χ1) is 11.3. The van der Waals surface area contributed by atoms with Gasteiger partial charge in [-0.3, -0.25) is 5.41 Å².